The van der Waals surface area contributed by atoms with Crippen molar-refractivity contribution >= 4 is 34.2 Å². The van der Waals surface area contributed by atoms with Crippen molar-refractivity contribution in [2.24, 2.45) is 4.99 Å². The number of para-hydroxylation sites is 4. The van der Waals surface area contributed by atoms with Crippen LogP contribution in [-0.2, 0) is 0 Å². The van der Waals surface area contributed by atoms with Gasteiger partial charge in [-0.3, -0.25) is 4.99 Å². The standard InChI is InChI=1S/C32H24N4O3/c1-38-30-14-8-6-12-28(30)34-25-17-15-24(16-18-25)33-20-23-21-36(26-10-3-2-4-11-26)35-31(23)27-19-22-9-5-7-13-29(22)39-32(27)37/h2-21,34H,1H3. The summed E-state index contributed by atoms with van der Waals surface area (Å²) in [4.78, 5) is 17.6. The highest BCUT2D eigenvalue weighted by Crippen LogP contribution is 2.28. The van der Waals surface area contributed by atoms with Gasteiger partial charge in [0.2, 0.25) is 0 Å². The Morgan fingerprint density at radius 2 is 1.64 bits per heavy atom. The van der Waals surface area contributed by atoms with Gasteiger partial charge in [-0.25, -0.2) is 9.48 Å². The van der Waals surface area contributed by atoms with Crippen LogP contribution in [0.1, 0.15) is 5.56 Å². The zero-order valence-corrected chi connectivity index (χ0v) is 21.1. The lowest BCUT2D eigenvalue weighted by molar-refractivity contribution is 0.417. The molecule has 7 nitrogen and oxygen atoms in total. The van der Waals surface area contributed by atoms with E-state index >= 15 is 0 Å². The first-order chi connectivity index (χ1) is 19.2. The highest BCUT2D eigenvalue weighted by Gasteiger charge is 2.16. The first kappa shape index (κ1) is 23.9. The molecule has 0 unspecified atom stereocenters. The molecule has 1 N–H and O–H groups in total. The number of nitrogens with one attached hydrogen (secondary N) is 1. The topological polar surface area (TPSA) is 81.7 Å². The lowest BCUT2D eigenvalue weighted by Gasteiger charge is -2.10. The van der Waals surface area contributed by atoms with Gasteiger partial charge in [0.15, 0.2) is 0 Å². The smallest absolute Gasteiger partial charge is 0.345 e. The van der Waals surface area contributed by atoms with E-state index in [0.717, 1.165) is 33.9 Å². The highest BCUT2D eigenvalue weighted by atomic mass is 16.5. The molecule has 0 fully saturated rings. The second-order valence-corrected chi connectivity index (χ2v) is 8.83. The Morgan fingerprint density at radius 1 is 0.897 bits per heavy atom. The molecular weight excluding hydrogens is 488 g/mol. The molecule has 0 aliphatic carbocycles. The number of methoxy groups -OCH3 is 1. The number of rotatable bonds is 7. The normalized spacial score (nSPS) is 11.2. The number of aliphatic imine (C=N–C) groups is 1. The summed E-state index contributed by atoms with van der Waals surface area (Å²) < 4.78 is 12.8. The fraction of sp³-hybridized carbons (Fsp3) is 0.0312. The van der Waals surface area contributed by atoms with Gasteiger partial charge in [0.05, 0.1) is 29.7 Å². The molecule has 2 aromatic heterocycles. The van der Waals surface area contributed by atoms with Crippen molar-refractivity contribution in [3.8, 4) is 22.7 Å². The molecule has 0 atom stereocenters. The van der Waals surface area contributed by atoms with Crippen molar-refractivity contribution in [1.29, 1.82) is 0 Å². The van der Waals surface area contributed by atoms with Gasteiger partial charge in [-0.2, -0.15) is 5.10 Å². The molecule has 39 heavy (non-hydrogen) atoms. The summed E-state index contributed by atoms with van der Waals surface area (Å²) in [5.41, 5.74) is 5.06. The maximum absolute atomic E-state index is 13.0. The average Bonchev–Trinajstić information content (AvgIpc) is 3.41. The first-order valence-electron chi connectivity index (χ1n) is 12.4. The summed E-state index contributed by atoms with van der Waals surface area (Å²) >= 11 is 0. The van der Waals surface area contributed by atoms with Crippen LogP contribution in [0.4, 0.5) is 17.1 Å². The van der Waals surface area contributed by atoms with Gasteiger partial charge in [-0.05, 0) is 60.7 Å². The van der Waals surface area contributed by atoms with Crippen LogP contribution in [0.5, 0.6) is 5.75 Å². The minimum absolute atomic E-state index is 0.376. The van der Waals surface area contributed by atoms with Crippen molar-refractivity contribution in [3.05, 3.63) is 131 Å². The third-order valence-electron chi connectivity index (χ3n) is 6.27. The van der Waals surface area contributed by atoms with Crippen molar-refractivity contribution in [1.82, 2.24) is 9.78 Å². The molecule has 6 aromatic rings. The van der Waals surface area contributed by atoms with Crippen LogP contribution in [0, 0.1) is 0 Å². The average molecular weight is 513 g/mol. The fourth-order valence-electron chi connectivity index (χ4n) is 4.31. The zero-order valence-electron chi connectivity index (χ0n) is 21.1. The third-order valence-corrected chi connectivity index (χ3v) is 6.27. The largest absolute Gasteiger partial charge is 0.495 e. The number of nitrogens with zero attached hydrogens (tertiary/aromatic N) is 3. The molecule has 0 bridgehead atoms. The van der Waals surface area contributed by atoms with Gasteiger partial charge >= 0.3 is 5.63 Å². The van der Waals surface area contributed by atoms with Crippen molar-refractivity contribution in [2.45, 2.75) is 0 Å². The minimum Gasteiger partial charge on any atom is -0.495 e. The van der Waals surface area contributed by atoms with Crippen LogP contribution in [0.25, 0.3) is 27.9 Å². The molecule has 0 spiro atoms. The molecule has 4 aromatic carbocycles. The Hall–Kier alpha value is -5.43. The fourth-order valence-corrected chi connectivity index (χ4v) is 4.31. The molecule has 0 saturated carbocycles. The number of aromatic nitrogens is 2. The molecule has 2 heterocycles. The molecule has 6 rings (SSSR count). The third kappa shape index (κ3) is 5.06. The maximum Gasteiger partial charge on any atom is 0.345 e. The summed E-state index contributed by atoms with van der Waals surface area (Å²) in [6.07, 6.45) is 3.58. The van der Waals surface area contributed by atoms with Crippen LogP contribution in [0.15, 0.2) is 130 Å². The van der Waals surface area contributed by atoms with E-state index in [1.807, 2.05) is 109 Å². The number of hydrogen-bond acceptors (Lipinski definition) is 6. The summed E-state index contributed by atoms with van der Waals surface area (Å²) in [7, 11) is 1.65. The predicted octanol–water partition coefficient (Wildman–Crippen LogP) is 7.15. The van der Waals surface area contributed by atoms with Crippen molar-refractivity contribution in [3.63, 3.8) is 0 Å². The van der Waals surface area contributed by atoms with E-state index < -0.39 is 5.63 Å². The molecule has 190 valence electrons. The number of ether oxygens (including phenoxy) is 1. The van der Waals surface area contributed by atoms with Crippen LogP contribution < -0.4 is 15.7 Å². The highest BCUT2D eigenvalue weighted by molar-refractivity contribution is 5.92. The van der Waals surface area contributed by atoms with Gasteiger partial charge < -0.3 is 14.5 Å². The van der Waals surface area contributed by atoms with Crippen LogP contribution in [0.3, 0.4) is 0 Å². The van der Waals surface area contributed by atoms with E-state index in [0.29, 0.717) is 22.4 Å². The van der Waals surface area contributed by atoms with Crippen LogP contribution in [-0.4, -0.2) is 23.1 Å². The van der Waals surface area contributed by atoms with E-state index in [9.17, 15) is 4.79 Å². The summed E-state index contributed by atoms with van der Waals surface area (Å²) in [6.45, 7) is 0. The zero-order chi connectivity index (χ0) is 26.6. The molecule has 0 amide bonds. The Labute approximate surface area is 224 Å². The van der Waals surface area contributed by atoms with E-state index in [4.69, 9.17) is 14.3 Å². The molecule has 0 aliphatic heterocycles. The van der Waals surface area contributed by atoms with Gasteiger partial charge in [-0.15, -0.1) is 0 Å². The molecule has 0 aliphatic rings. The Balaban J connectivity index is 1.34. The monoisotopic (exact) mass is 512 g/mol. The van der Waals surface area contributed by atoms with Crippen LogP contribution in [0.2, 0.25) is 0 Å². The lowest BCUT2D eigenvalue weighted by Crippen LogP contribution is -2.05. The van der Waals surface area contributed by atoms with Crippen molar-refractivity contribution in [2.75, 3.05) is 12.4 Å². The summed E-state index contributed by atoms with van der Waals surface area (Å²) in [5, 5.41) is 8.94. The number of anilines is 2. The first-order valence-corrected chi connectivity index (χ1v) is 12.4. The Morgan fingerprint density at radius 3 is 2.46 bits per heavy atom. The van der Waals surface area contributed by atoms with E-state index in [2.05, 4.69) is 10.3 Å². The quantitative estimate of drug-likeness (QED) is 0.181. The lowest BCUT2D eigenvalue weighted by atomic mass is 10.1. The van der Waals surface area contributed by atoms with E-state index in [1.165, 1.54) is 0 Å². The Kier molecular flexibility index (Phi) is 6.45. The van der Waals surface area contributed by atoms with E-state index in [-0.39, 0.29) is 0 Å². The SMILES string of the molecule is COc1ccccc1Nc1ccc(N=Cc2cn(-c3ccccc3)nc2-c2cc3ccccc3oc2=O)cc1. The molecular formula is C32H24N4O3. The second kappa shape index (κ2) is 10.5. The minimum atomic E-state index is -0.451. The maximum atomic E-state index is 13.0. The second-order valence-electron chi connectivity index (χ2n) is 8.83. The molecule has 7 heteroatoms. The number of benzene rings is 4. The predicted molar refractivity (Wildman–Crippen MR) is 155 cm³/mol. The van der Waals surface area contributed by atoms with Crippen molar-refractivity contribution < 1.29 is 9.15 Å². The van der Waals surface area contributed by atoms with Gasteiger partial charge in [0.1, 0.15) is 17.0 Å². The number of fused-ring (bicyclic) bond motifs is 1. The summed E-state index contributed by atoms with van der Waals surface area (Å²) in [6, 6.07) is 34.4. The molecule has 0 radical (unpaired) electrons. The van der Waals surface area contributed by atoms with Gasteiger partial charge in [0, 0.05) is 29.0 Å². The van der Waals surface area contributed by atoms with E-state index in [1.54, 1.807) is 24.1 Å². The van der Waals surface area contributed by atoms with Gasteiger partial charge in [-0.1, -0.05) is 48.5 Å². The molecule has 0 saturated heterocycles. The van der Waals surface area contributed by atoms with Gasteiger partial charge in [0.25, 0.3) is 0 Å². The summed E-state index contributed by atoms with van der Waals surface area (Å²) in [5.74, 6) is 0.765. The number of hydrogen-bond donors (Lipinski definition) is 1. The Bertz CT molecular complexity index is 1840. The van der Waals surface area contributed by atoms with Crippen LogP contribution >= 0.6 is 0 Å².